The molecule has 0 spiro atoms. The molecule has 2 rings (SSSR count). The van der Waals surface area contributed by atoms with Gasteiger partial charge in [0.05, 0.1) is 12.8 Å². The number of carbonyl (C=O) groups excluding carboxylic acids is 2. The first-order valence-electron chi connectivity index (χ1n) is 6.86. The molecule has 8 nitrogen and oxygen atoms in total. The standard InChI is InChI=1S/C15H16N4O4/c1-3-22-15(21)18-16-10-11-4-6-12(7-5-11)23-14(20)13-8-9-17-19(13)2/h4-10H,3H2,1-2H3,(H,18,21)/b16-10-. The van der Waals surface area contributed by atoms with Crippen molar-refractivity contribution in [2.24, 2.45) is 12.1 Å². The number of hydrogen-bond donors (Lipinski definition) is 1. The zero-order valence-corrected chi connectivity index (χ0v) is 12.7. The van der Waals surface area contributed by atoms with Crippen molar-refractivity contribution in [3.8, 4) is 5.75 Å². The van der Waals surface area contributed by atoms with Crippen LogP contribution in [0.15, 0.2) is 41.6 Å². The Bertz CT molecular complexity index is 707. The number of nitrogens with zero attached hydrogens (tertiary/aromatic N) is 3. The first-order chi connectivity index (χ1) is 11.1. The number of ether oxygens (including phenoxy) is 2. The fraction of sp³-hybridized carbons (Fsp3) is 0.200. The maximum Gasteiger partial charge on any atom is 0.427 e. The number of rotatable bonds is 5. The Kier molecular flexibility index (Phi) is 5.45. The van der Waals surface area contributed by atoms with Gasteiger partial charge in [0.1, 0.15) is 11.4 Å². The summed E-state index contributed by atoms with van der Waals surface area (Å²) in [5.41, 5.74) is 3.30. The van der Waals surface area contributed by atoms with Crippen molar-refractivity contribution in [2.45, 2.75) is 6.92 Å². The lowest BCUT2D eigenvalue weighted by Gasteiger charge is -2.04. The van der Waals surface area contributed by atoms with E-state index in [-0.39, 0.29) is 6.61 Å². The van der Waals surface area contributed by atoms with Crippen LogP contribution in [0.3, 0.4) is 0 Å². The summed E-state index contributed by atoms with van der Waals surface area (Å²) >= 11 is 0. The maximum atomic E-state index is 11.9. The summed E-state index contributed by atoms with van der Waals surface area (Å²) in [7, 11) is 1.66. The van der Waals surface area contributed by atoms with Gasteiger partial charge < -0.3 is 9.47 Å². The molecule has 2 aromatic rings. The van der Waals surface area contributed by atoms with E-state index < -0.39 is 12.1 Å². The zero-order chi connectivity index (χ0) is 16.7. The van der Waals surface area contributed by atoms with Gasteiger partial charge in [-0.2, -0.15) is 10.2 Å². The number of hydrogen-bond acceptors (Lipinski definition) is 6. The topological polar surface area (TPSA) is 94.8 Å². The van der Waals surface area contributed by atoms with Gasteiger partial charge in [-0.25, -0.2) is 15.0 Å². The monoisotopic (exact) mass is 316 g/mol. The van der Waals surface area contributed by atoms with E-state index in [0.717, 1.165) is 5.56 Å². The summed E-state index contributed by atoms with van der Waals surface area (Å²) in [4.78, 5) is 23.0. The molecule has 0 radical (unpaired) electrons. The van der Waals surface area contributed by atoms with E-state index in [1.165, 1.54) is 17.1 Å². The van der Waals surface area contributed by atoms with Crippen LogP contribution in [0.5, 0.6) is 5.75 Å². The minimum atomic E-state index is -0.620. The lowest BCUT2D eigenvalue weighted by atomic mass is 10.2. The number of nitrogens with one attached hydrogen (secondary N) is 1. The number of hydrazone groups is 1. The SMILES string of the molecule is CCOC(=O)N/N=C\c1ccc(OC(=O)c2ccnn2C)cc1. The smallest absolute Gasteiger partial charge is 0.427 e. The molecular formula is C15H16N4O4. The largest absolute Gasteiger partial charge is 0.449 e. The van der Waals surface area contributed by atoms with Crippen LogP contribution in [0.2, 0.25) is 0 Å². The molecule has 0 aliphatic heterocycles. The Labute approximate surface area is 132 Å². The van der Waals surface area contributed by atoms with Gasteiger partial charge in [-0.15, -0.1) is 0 Å². The van der Waals surface area contributed by atoms with Crippen LogP contribution < -0.4 is 10.2 Å². The van der Waals surface area contributed by atoms with E-state index in [1.807, 2.05) is 0 Å². The van der Waals surface area contributed by atoms with E-state index in [1.54, 1.807) is 44.3 Å². The number of amides is 1. The van der Waals surface area contributed by atoms with Gasteiger partial charge in [0.25, 0.3) is 0 Å². The average Bonchev–Trinajstić information content (AvgIpc) is 2.95. The van der Waals surface area contributed by atoms with Gasteiger partial charge in [0.15, 0.2) is 0 Å². The highest BCUT2D eigenvalue weighted by atomic mass is 16.6. The molecule has 0 unspecified atom stereocenters. The van der Waals surface area contributed by atoms with Crippen LogP contribution >= 0.6 is 0 Å². The van der Waals surface area contributed by atoms with E-state index >= 15 is 0 Å². The van der Waals surface area contributed by atoms with Crippen LogP contribution in [-0.4, -0.2) is 34.7 Å². The molecule has 0 atom stereocenters. The second-order valence-corrected chi connectivity index (χ2v) is 4.39. The highest BCUT2D eigenvalue weighted by Crippen LogP contribution is 2.13. The van der Waals surface area contributed by atoms with Crippen LogP contribution in [0, 0.1) is 0 Å². The van der Waals surface area contributed by atoms with Crippen LogP contribution in [0.25, 0.3) is 0 Å². The molecule has 8 heteroatoms. The third-order valence-corrected chi connectivity index (χ3v) is 2.77. The first-order valence-corrected chi connectivity index (χ1v) is 6.86. The van der Waals surface area contributed by atoms with Crippen molar-refractivity contribution in [3.63, 3.8) is 0 Å². The summed E-state index contributed by atoms with van der Waals surface area (Å²) in [5.74, 6) is -0.0953. The molecule has 0 aliphatic rings. The van der Waals surface area contributed by atoms with E-state index in [0.29, 0.717) is 11.4 Å². The minimum Gasteiger partial charge on any atom is -0.449 e. The predicted molar refractivity (Wildman–Crippen MR) is 82.4 cm³/mol. The van der Waals surface area contributed by atoms with E-state index in [9.17, 15) is 9.59 Å². The van der Waals surface area contributed by atoms with Gasteiger partial charge in [-0.05, 0) is 42.8 Å². The van der Waals surface area contributed by atoms with Gasteiger partial charge in [-0.3, -0.25) is 4.68 Å². The fourth-order valence-electron chi connectivity index (χ4n) is 1.68. The van der Waals surface area contributed by atoms with Gasteiger partial charge in [0.2, 0.25) is 0 Å². The Balaban J connectivity index is 1.92. The summed E-state index contributed by atoms with van der Waals surface area (Å²) in [6, 6.07) is 8.22. The number of esters is 1. The van der Waals surface area contributed by atoms with Crippen molar-refractivity contribution in [1.29, 1.82) is 0 Å². The van der Waals surface area contributed by atoms with Gasteiger partial charge in [0, 0.05) is 13.2 Å². The van der Waals surface area contributed by atoms with Crippen LogP contribution in [0.1, 0.15) is 23.0 Å². The summed E-state index contributed by atoms with van der Waals surface area (Å²) in [6.07, 6.45) is 2.35. The summed E-state index contributed by atoms with van der Waals surface area (Å²) in [6.45, 7) is 1.98. The molecule has 23 heavy (non-hydrogen) atoms. The molecule has 120 valence electrons. The summed E-state index contributed by atoms with van der Waals surface area (Å²) < 4.78 is 11.3. The number of aromatic nitrogens is 2. The predicted octanol–water partition coefficient (Wildman–Crippen LogP) is 1.72. The molecule has 1 amide bonds. The second-order valence-electron chi connectivity index (χ2n) is 4.39. The average molecular weight is 316 g/mol. The second kappa shape index (κ2) is 7.74. The third-order valence-electron chi connectivity index (χ3n) is 2.77. The molecule has 1 aromatic carbocycles. The normalized spacial score (nSPS) is 10.5. The third kappa shape index (κ3) is 4.67. The molecular weight excluding hydrogens is 300 g/mol. The summed E-state index contributed by atoms with van der Waals surface area (Å²) in [5, 5.41) is 7.64. The van der Waals surface area contributed by atoms with E-state index in [2.05, 4.69) is 20.4 Å². The number of carbonyl (C=O) groups is 2. The fourth-order valence-corrected chi connectivity index (χ4v) is 1.68. The quantitative estimate of drug-likeness (QED) is 0.392. The van der Waals surface area contributed by atoms with E-state index in [4.69, 9.17) is 4.74 Å². The zero-order valence-electron chi connectivity index (χ0n) is 12.7. The lowest BCUT2D eigenvalue weighted by molar-refractivity contribution is 0.0723. The molecule has 1 N–H and O–H groups in total. The molecule has 0 fully saturated rings. The Morgan fingerprint density at radius 3 is 2.65 bits per heavy atom. The minimum absolute atomic E-state index is 0.276. The molecule has 0 bridgehead atoms. The first kappa shape index (κ1) is 16.2. The molecule has 0 aliphatic carbocycles. The Hall–Kier alpha value is -3.16. The van der Waals surface area contributed by atoms with Crippen LogP contribution in [0.4, 0.5) is 4.79 Å². The molecule has 0 saturated heterocycles. The number of aryl methyl sites for hydroxylation is 1. The highest BCUT2D eigenvalue weighted by Gasteiger charge is 2.12. The van der Waals surface area contributed by atoms with Gasteiger partial charge in [-0.1, -0.05) is 0 Å². The highest BCUT2D eigenvalue weighted by molar-refractivity contribution is 5.89. The molecule has 1 aromatic heterocycles. The van der Waals surface area contributed by atoms with Crippen molar-refractivity contribution in [2.75, 3.05) is 6.61 Å². The molecule has 1 heterocycles. The Morgan fingerprint density at radius 1 is 1.30 bits per heavy atom. The maximum absolute atomic E-state index is 11.9. The number of benzene rings is 1. The van der Waals surface area contributed by atoms with Gasteiger partial charge >= 0.3 is 12.1 Å². The van der Waals surface area contributed by atoms with Crippen molar-refractivity contribution in [1.82, 2.24) is 15.2 Å². The van der Waals surface area contributed by atoms with Crippen LogP contribution in [-0.2, 0) is 11.8 Å². The van der Waals surface area contributed by atoms with Crippen molar-refractivity contribution >= 4 is 18.3 Å². The van der Waals surface area contributed by atoms with Crippen molar-refractivity contribution < 1.29 is 19.1 Å². The van der Waals surface area contributed by atoms with Crippen molar-refractivity contribution in [3.05, 3.63) is 47.8 Å². The molecule has 0 saturated carbocycles. The lowest BCUT2D eigenvalue weighted by Crippen LogP contribution is -2.18. The Morgan fingerprint density at radius 2 is 2.04 bits per heavy atom.